The molecule has 1 amide bonds. The van der Waals surface area contributed by atoms with Crippen molar-refractivity contribution < 1.29 is 19.2 Å². The summed E-state index contributed by atoms with van der Waals surface area (Å²) in [5.41, 5.74) is -0.0589. The highest BCUT2D eigenvalue weighted by atomic mass is 32.1. The summed E-state index contributed by atoms with van der Waals surface area (Å²) in [7, 11) is 0. The number of benzene rings is 1. The fourth-order valence-corrected chi connectivity index (χ4v) is 2.19. The van der Waals surface area contributed by atoms with Crippen molar-refractivity contribution in [3.63, 3.8) is 0 Å². The molecule has 0 aliphatic heterocycles. The fourth-order valence-electron chi connectivity index (χ4n) is 1.46. The highest BCUT2D eigenvalue weighted by Gasteiger charge is 2.10. The second kappa shape index (κ2) is 6.76. The van der Waals surface area contributed by atoms with Crippen molar-refractivity contribution in [2.24, 2.45) is 0 Å². The average molecular weight is 321 g/mol. The van der Waals surface area contributed by atoms with Crippen LogP contribution in [0.2, 0.25) is 0 Å². The number of non-ortho nitro benzene ring substituents is 1. The van der Waals surface area contributed by atoms with E-state index in [0.29, 0.717) is 15.8 Å². The van der Waals surface area contributed by atoms with Crippen LogP contribution < -0.4 is 10.1 Å². The van der Waals surface area contributed by atoms with Crippen LogP contribution in [0.1, 0.15) is 16.6 Å². The molecule has 8 nitrogen and oxygen atoms in total. The van der Waals surface area contributed by atoms with Crippen molar-refractivity contribution in [3.05, 3.63) is 45.5 Å². The minimum atomic E-state index is -0.522. The first-order valence-electron chi connectivity index (χ1n) is 6.09. The lowest BCUT2D eigenvalue weighted by molar-refractivity contribution is -0.384. The van der Waals surface area contributed by atoms with Gasteiger partial charge < -0.3 is 4.74 Å². The lowest BCUT2D eigenvalue weighted by Crippen LogP contribution is -2.19. The lowest BCUT2D eigenvalue weighted by atomic mass is 10.3. The zero-order valence-corrected chi connectivity index (χ0v) is 12.3. The molecule has 0 saturated carbocycles. The van der Waals surface area contributed by atoms with E-state index < -0.39 is 10.8 Å². The molecule has 0 unspecified atom stereocenters. The molecule has 1 aromatic carbocycles. The molecule has 2 aromatic rings. The number of aromatic nitrogens is 1. The summed E-state index contributed by atoms with van der Waals surface area (Å²) in [6.45, 7) is 1.14. The molecular weight excluding hydrogens is 310 g/mol. The molecule has 114 valence electrons. The van der Waals surface area contributed by atoms with E-state index in [0.717, 1.165) is 11.3 Å². The predicted octanol–water partition coefficient (Wildman–Crippen LogP) is 2.27. The number of amides is 1. The van der Waals surface area contributed by atoms with Gasteiger partial charge >= 0.3 is 0 Å². The van der Waals surface area contributed by atoms with Gasteiger partial charge in [-0.1, -0.05) is 11.3 Å². The minimum Gasteiger partial charge on any atom is -0.484 e. The number of carbonyl (C=O) groups excluding carboxylic acids is 2. The van der Waals surface area contributed by atoms with Crippen LogP contribution in [0.5, 0.6) is 5.75 Å². The molecule has 0 aliphatic carbocycles. The molecule has 9 heteroatoms. The van der Waals surface area contributed by atoms with Gasteiger partial charge in [0.15, 0.2) is 17.5 Å². The van der Waals surface area contributed by atoms with Crippen LogP contribution in [0.25, 0.3) is 0 Å². The van der Waals surface area contributed by atoms with E-state index in [4.69, 9.17) is 4.74 Å². The SMILES string of the molecule is CC(=O)c1cnc(NC(=O)COc2ccc([N+](=O)[O-])cc2)s1. The number of carbonyl (C=O) groups is 2. The maximum absolute atomic E-state index is 11.7. The number of nitrogens with one attached hydrogen (secondary N) is 1. The quantitative estimate of drug-likeness (QED) is 0.496. The minimum absolute atomic E-state index is 0.0589. The first kappa shape index (κ1) is 15.6. The number of anilines is 1. The summed E-state index contributed by atoms with van der Waals surface area (Å²) in [5, 5.41) is 13.3. The molecule has 22 heavy (non-hydrogen) atoms. The van der Waals surface area contributed by atoms with Crippen LogP contribution in [-0.4, -0.2) is 28.2 Å². The smallest absolute Gasteiger partial charge is 0.269 e. The van der Waals surface area contributed by atoms with Gasteiger partial charge in [0.25, 0.3) is 11.6 Å². The van der Waals surface area contributed by atoms with Crippen molar-refractivity contribution in [1.29, 1.82) is 0 Å². The number of hydrogen-bond acceptors (Lipinski definition) is 7. The van der Waals surface area contributed by atoms with Crippen LogP contribution in [0.4, 0.5) is 10.8 Å². The zero-order chi connectivity index (χ0) is 16.1. The molecule has 0 spiro atoms. The summed E-state index contributed by atoms with van der Waals surface area (Å²) in [6, 6.07) is 5.38. The van der Waals surface area contributed by atoms with Crippen LogP contribution >= 0.6 is 11.3 Å². The number of thiazole rings is 1. The lowest BCUT2D eigenvalue weighted by Gasteiger charge is -2.05. The molecule has 0 fully saturated rings. The van der Waals surface area contributed by atoms with Gasteiger partial charge in [0.2, 0.25) is 0 Å². The Bertz CT molecular complexity index is 711. The zero-order valence-electron chi connectivity index (χ0n) is 11.4. The first-order chi connectivity index (χ1) is 10.5. The van der Waals surface area contributed by atoms with E-state index in [1.165, 1.54) is 37.4 Å². The van der Waals surface area contributed by atoms with Gasteiger partial charge in [-0.15, -0.1) is 0 Å². The standard InChI is InChI=1S/C13H11N3O5S/c1-8(17)11-6-14-13(22-11)15-12(18)7-21-10-4-2-9(3-5-10)16(19)20/h2-6H,7H2,1H3,(H,14,15,18). The molecule has 0 radical (unpaired) electrons. The monoisotopic (exact) mass is 321 g/mol. The fraction of sp³-hybridized carbons (Fsp3) is 0.154. The Morgan fingerprint density at radius 3 is 2.59 bits per heavy atom. The van der Waals surface area contributed by atoms with E-state index in [2.05, 4.69) is 10.3 Å². The van der Waals surface area contributed by atoms with Gasteiger partial charge in [0, 0.05) is 19.1 Å². The van der Waals surface area contributed by atoms with Crippen molar-refractivity contribution in [2.75, 3.05) is 11.9 Å². The van der Waals surface area contributed by atoms with Crippen molar-refractivity contribution >= 4 is 33.8 Å². The number of ketones is 1. The summed E-state index contributed by atoms with van der Waals surface area (Å²) in [4.78, 5) is 37.1. The van der Waals surface area contributed by atoms with Gasteiger partial charge in [-0.05, 0) is 12.1 Å². The molecular formula is C13H11N3O5S. The Morgan fingerprint density at radius 1 is 1.36 bits per heavy atom. The Morgan fingerprint density at radius 2 is 2.05 bits per heavy atom. The Balaban J connectivity index is 1.86. The van der Waals surface area contributed by atoms with Crippen molar-refractivity contribution in [3.8, 4) is 5.75 Å². The van der Waals surface area contributed by atoms with Gasteiger partial charge in [-0.2, -0.15) is 0 Å². The molecule has 1 heterocycles. The van der Waals surface area contributed by atoms with E-state index in [9.17, 15) is 19.7 Å². The number of Topliss-reactive ketones (excluding diaryl/α,β-unsaturated/α-hetero) is 1. The third-order valence-corrected chi connectivity index (χ3v) is 3.53. The van der Waals surface area contributed by atoms with Gasteiger partial charge in [0.05, 0.1) is 16.0 Å². The highest BCUT2D eigenvalue weighted by molar-refractivity contribution is 7.17. The predicted molar refractivity (Wildman–Crippen MR) is 79.3 cm³/mol. The van der Waals surface area contributed by atoms with Crippen LogP contribution in [0.3, 0.4) is 0 Å². The normalized spacial score (nSPS) is 10.0. The second-order valence-corrected chi connectivity index (χ2v) is 5.20. The van der Waals surface area contributed by atoms with Crippen molar-refractivity contribution in [2.45, 2.75) is 6.92 Å². The Hall–Kier alpha value is -2.81. The summed E-state index contributed by atoms with van der Waals surface area (Å²) in [6.07, 6.45) is 1.39. The van der Waals surface area contributed by atoms with E-state index in [-0.39, 0.29) is 18.1 Å². The summed E-state index contributed by atoms with van der Waals surface area (Å²) in [5.74, 6) is -0.229. The maximum Gasteiger partial charge on any atom is 0.269 e. The van der Waals surface area contributed by atoms with Gasteiger partial charge in [-0.3, -0.25) is 25.0 Å². The summed E-state index contributed by atoms with van der Waals surface area (Å²) < 4.78 is 5.20. The van der Waals surface area contributed by atoms with Crippen LogP contribution in [0, 0.1) is 10.1 Å². The van der Waals surface area contributed by atoms with Gasteiger partial charge in [0.1, 0.15) is 5.75 Å². The molecule has 0 aliphatic rings. The molecule has 0 bridgehead atoms. The number of rotatable bonds is 6. The first-order valence-corrected chi connectivity index (χ1v) is 6.91. The second-order valence-electron chi connectivity index (χ2n) is 4.17. The Labute approximate surface area is 128 Å². The molecule has 2 rings (SSSR count). The van der Waals surface area contributed by atoms with Crippen LogP contribution in [0.15, 0.2) is 30.5 Å². The van der Waals surface area contributed by atoms with Crippen LogP contribution in [-0.2, 0) is 4.79 Å². The number of hydrogen-bond donors (Lipinski definition) is 1. The maximum atomic E-state index is 11.7. The highest BCUT2D eigenvalue weighted by Crippen LogP contribution is 2.19. The summed E-state index contributed by atoms with van der Waals surface area (Å²) >= 11 is 1.07. The molecule has 1 aromatic heterocycles. The Kier molecular flexibility index (Phi) is 4.79. The van der Waals surface area contributed by atoms with Crippen molar-refractivity contribution in [1.82, 2.24) is 4.98 Å². The third-order valence-electron chi connectivity index (χ3n) is 2.52. The van der Waals surface area contributed by atoms with E-state index in [1.54, 1.807) is 0 Å². The third kappa shape index (κ3) is 4.09. The molecule has 1 N–H and O–H groups in total. The van der Waals surface area contributed by atoms with Gasteiger partial charge in [-0.25, -0.2) is 4.98 Å². The van der Waals surface area contributed by atoms with E-state index in [1.807, 2.05) is 0 Å². The largest absolute Gasteiger partial charge is 0.484 e. The molecule has 0 saturated heterocycles. The topological polar surface area (TPSA) is 111 Å². The number of nitro benzene ring substituents is 1. The molecule has 0 atom stereocenters. The number of nitrogens with zero attached hydrogens (tertiary/aromatic N) is 2. The average Bonchev–Trinajstić information content (AvgIpc) is 2.94. The van der Waals surface area contributed by atoms with E-state index >= 15 is 0 Å². The number of nitro groups is 1. The number of ether oxygens (including phenoxy) is 1.